The van der Waals surface area contributed by atoms with Crippen molar-refractivity contribution in [3.05, 3.63) is 46.2 Å². The molecule has 2 heteroatoms. The Bertz CT molecular complexity index is 355. The van der Waals surface area contributed by atoms with Gasteiger partial charge in [-0.25, -0.2) is 0 Å². The summed E-state index contributed by atoms with van der Waals surface area (Å²) in [5.74, 6) is 0.451. The van der Waals surface area contributed by atoms with Crippen molar-refractivity contribution in [2.75, 3.05) is 7.05 Å². The summed E-state index contributed by atoms with van der Waals surface area (Å²) in [6.45, 7) is 6.20. The minimum absolute atomic E-state index is 0.451. The topological polar surface area (TPSA) is 12.0 Å². The van der Waals surface area contributed by atoms with Crippen LogP contribution in [0.25, 0.3) is 0 Å². The molecule has 1 aliphatic carbocycles. The molecule has 0 aliphatic heterocycles. The SMILES string of the molecule is CNC1=C(C(Cl)=C(C)C)C=CC(C)C=C1. The van der Waals surface area contributed by atoms with Crippen molar-refractivity contribution < 1.29 is 0 Å². The van der Waals surface area contributed by atoms with Gasteiger partial charge in [-0.05, 0) is 25.8 Å². The monoisotopic (exact) mass is 223 g/mol. The third-order valence-electron chi connectivity index (χ3n) is 2.37. The van der Waals surface area contributed by atoms with Crippen LogP contribution in [-0.4, -0.2) is 7.05 Å². The van der Waals surface area contributed by atoms with Gasteiger partial charge in [-0.1, -0.05) is 42.3 Å². The quantitative estimate of drug-likeness (QED) is 0.752. The molecule has 0 fully saturated rings. The molecule has 1 N–H and O–H groups in total. The number of hydrogen-bond acceptors (Lipinski definition) is 1. The third kappa shape index (κ3) is 3.00. The molecule has 0 aromatic carbocycles. The molecule has 0 amide bonds. The lowest BCUT2D eigenvalue weighted by Gasteiger charge is -2.08. The van der Waals surface area contributed by atoms with E-state index in [0.717, 1.165) is 21.9 Å². The van der Waals surface area contributed by atoms with Crippen molar-refractivity contribution >= 4 is 11.6 Å². The minimum Gasteiger partial charge on any atom is -0.388 e. The van der Waals surface area contributed by atoms with Gasteiger partial charge in [-0.3, -0.25) is 0 Å². The highest BCUT2D eigenvalue weighted by molar-refractivity contribution is 6.32. The van der Waals surface area contributed by atoms with Gasteiger partial charge >= 0.3 is 0 Å². The molecule has 1 unspecified atom stereocenters. The van der Waals surface area contributed by atoms with E-state index in [-0.39, 0.29) is 0 Å². The zero-order chi connectivity index (χ0) is 11.4. The smallest absolute Gasteiger partial charge is 0.0485 e. The third-order valence-corrected chi connectivity index (χ3v) is 2.95. The molecule has 0 saturated carbocycles. The standard InChI is InChI=1S/C13H18ClN/c1-9(2)13(14)11-7-5-10(3)6-8-12(11)15-4/h5-8,10,15H,1-4H3. The van der Waals surface area contributed by atoms with Gasteiger partial charge < -0.3 is 5.32 Å². The molecule has 0 bridgehead atoms. The normalized spacial score (nSPS) is 20.2. The number of nitrogens with one attached hydrogen (secondary N) is 1. The van der Waals surface area contributed by atoms with Crippen molar-refractivity contribution in [2.45, 2.75) is 20.8 Å². The summed E-state index contributed by atoms with van der Waals surface area (Å²) in [7, 11) is 1.92. The van der Waals surface area contributed by atoms with Gasteiger partial charge in [0.15, 0.2) is 0 Å². The highest BCUT2D eigenvalue weighted by atomic mass is 35.5. The van der Waals surface area contributed by atoms with Crippen molar-refractivity contribution in [3.63, 3.8) is 0 Å². The fourth-order valence-electron chi connectivity index (χ4n) is 1.42. The van der Waals surface area contributed by atoms with Crippen LogP contribution in [0.1, 0.15) is 20.8 Å². The lowest BCUT2D eigenvalue weighted by Crippen LogP contribution is -2.06. The van der Waals surface area contributed by atoms with E-state index in [1.807, 2.05) is 20.9 Å². The zero-order valence-electron chi connectivity index (χ0n) is 9.76. The first-order valence-corrected chi connectivity index (χ1v) is 5.55. The number of hydrogen-bond donors (Lipinski definition) is 1. The Balaban J connectivity index is 3.22. The summed E-state index contributed by atoms with van der Waals surface area (Å²) in [5.41, 5.74) is 3.27. The first-order chi connectivity index (χ1) is 7.06. The molecule has 1 nitrogen and oxygen atoms in total. The lowest BCUT2D eigenvalue weighted by atomic mass is 10.1. The second-order valence-corrected chi connectivity index (χ2v) is 4.35. The molecule has 15 heavy (non-hydrogen) atoms. The Morgan fingerprint density at radius 3 is 2.40 bits per heavy atom. The van der Waals surface area contributed by atoms with Crippen LogP contribution < -0.4 is 5.32 Å². The average molecular weight is 224 g/mol. The van der Waals surface area contributed by atoms with Crippen LogP contribution >= 0.6 is 11.6 Å². The van der Waals surface area contributed by atoms with E-state index in [2.05, 4.69) is 36.5 Å². The molecule has 1 aliphatic rings. The number of halogens is 1. The van der Waals surface area contributed by atoms with Crippen LogP contribution in [0, 0.1) is 5.92 Å². The zero-order valence-corrected chi connectivity index (χ0v) is 10.5. The Morgan fingerprint density at radius 1 is 1.27 bits per heavy atom. The van der Waals surface area contributed by atoms with Crippen molar-refractivity contribution in [3.8, 4) is 0 Å². The Hall–Kier alpha value is -0.950. The van der Waals surface area contributed by atoms with E-state index < -0.39 is 0 Å². The first kappa shape index (κ1) is 12.1. The Kier molecular flexibility index (Phi) is 4.22. The van der Waals surface area contributed by atoms with Gasteiger partial charge in [0.25, 0.3) is 0 Å². The van der Waals surface area contributed by atoms with Crippen LogP contribution in [0.15, 0.2) is 46.2 Å². The van der Waals surface area contributed by atoms with E-state index in [0.29, 0.717) is 5.92 Å². The number of rotatable bonds is 2. The molecule has 82 valence electrons. The van der Waals surface area contributed by atoms with Gasteiger partial charge in [0.1, 0.15) is 0 Å². The van der Waals surface area contributed by atoms with Gasteiger partial charge in [0.2, 0.25) is 0 Å². The molecule has 0 heterocycles. The number of allylic oxidation sites excluding steroid dienone is 7. The minimum atomic E-state index is 0.451. The fraction of sp³-hybridized carbons (Fsp3) is 0.385. The van der Waals surface area contributed by atoms with Gasteiger partial charge in [-0.2, -0.15) is 0 Å². The first-order valence-electron chi connectivity index (χ1n) is 5.18. The number of likely N-dealkylation sites (N-methyl/N-ethyl adjacent to an activating group) is 1. The molecule has 0 aromatic heterocycles. The maximum atomic E-state index is 6.28. The van der Waals surface area contributed by atoms with Crippen molar-refractivity contribution in [1.29, 1.82) is 0 Å². The largest absolute Gasteiger partial charge is 0.388 e. The second-order valence-electron chi connectivity index (χ2n) is 3.97. The molecule has 1 atom stereocenters. The Labute approximate surface area is 97.2 Å². The van der Waals surface area contributed by atoms with E-state index in [1.54, 1.807) is 0 Å². The van der Waals surface area contributed by atoms with Gasteiger partial charge in [0.05, 0.1) is 0 Å². The van der Waals surface area contributed by atoms with Gasteiger partial charge in [0, 0.05) is 23.4 Å². The van der Waals surface area contributed by atoms with Crippen LogP contribution in [0.3, 0.4) is 0 Å². The van der Waals surface area contributed by atoms with Gasteiger partial charge in [-0.15, -0.1) is 0 Å². The second kappa shape index (κ2) is 5.22. The summed E-state index contributed by atoms with van der Waals surface area (Å²) in [6, 6.07) is 0. The molecule has 0 spiro atoms. The van der Waals surface area contributed by atoms with Crippen LogP contribution in [-0.2, 0) is 0 Å². The molecule has 0 aromatic rings. The van der Waals surface area contributed by atoms with E-state index in [9.17, 15) is 0 Å². The van der Waals surface area contributed by atoms with Crippen LogP contribution in [0.2, 0.25) is 0 Å². The lowest BCUT2D eigenvalue weighted by molar-refractivity contribution is 0.937. The summed E-state index contributed by atoms with van der Waals surface area (Å²) < 4.78 is 0. The molecular formula is C13H18ClN. The summed E-state index contributed by atoms with van der Waals surface area (Å²) in [5, 5.41) is 4.00. The van der Waals surface area contributed by atoms with Crippen molar-refractivity contribution in [2.24, 2.45) is 5.92 Å². The van der Waals surface area contributed by atoms with E-state index >= 15 is 0 Å². The van der Waals surface area contributed by atoms with Crippen LogP contribution in [0.4, 0.5) is 0 Å². The maximum Gasteiger partial charge on any atom is 0.0485 e. The summed E-state index contributed by atoms with van der Waals surface area (Å²) in [6.07, 6.45) is 8.49. The van der Waals surface area contributed by atoms with Crippen molar-refractivity contribution in [1.82, 2.24) is 5.32 Å². The highest BCUT2D eigenvalue weighted by Gasteiger charge is 2.09. The maximum absolute atomic E-state index is 6.28. The summed E-state index contributed by atoms with van der Waals surface area (Å²) >= 11 is 6.28. The van der Waals surface area contributed by atoms with Crippen LogP contribution in [0.5, 0.6) is 0 Å². The predicted octanol–water partition coefficient (Wildman–Crippen LogP) is 3.75. The molecular weight excluding hydrogens is 206 g/mol. The fourth-order valence-corrected chi connectivity index (χ4v) is 1.58. The Morgan fingerprint density at radius 2 is 1.87 bits per heavy atom. The average Bonchev–Trinajstić information content (AvgIpc) is 2.38. The van der Waals surface area contributed by atoms with E-state index in [4.69, 9.17) is 11.6 Å². The predicted molar refractivity (Wildman–Crippen MR) is 67.8 cm³/mol. The summed E-state index contributed by atoms with van der Waals surface area (Å²) in [4.78, 5) is 0. The highest BCUT2D eigenvalue weighted by Crippen LogP contribution is 2.26. The molecule has 0 saturated heterocycles. The molecule has 0 radical (unpaired) electrons. The van der Waals surface area contributed by atoms with E-state index in [1.165, 1.54) is 0 Å². The molecule has 1 rings (SSSR count).